The van der Waals surface area contributed by atoms with E-state index in [9.17, 15) is 14.9 Å². The molecule has 0 unspecified atom stereocenters. The van der Waals surface area contributed by atoms with E-state index in [0.717, 1.165) is 33.9 Å². The molecule has 1 fully saturated rings. The van der Waals surface area contributed by atoms with Gasteiger partial charge in [-0.05, 0) is 67.1 Å². The number of halogens is 1. The second-order valence-corrected chi connectivity index (χ2v) is 9.71. The number of hydrogen-bond donors (Lipinski definition) is 0. The van der Waals surface area contributed by atoms with E-state index in [2.05, 4.69) is 4.98 Å². The van der Waals surface area contributed by atoms with Gasteiger partial charge in [0.15, 0.2) is 11.4 Å². The minimum absolute atomic E-state index is 0.132. The molecule has 5 aromatic rings. The second-order valence-electron chi connectivity index (χ2n) is 9.27. The van der Waals surface area contributed by atoms with Crippen LogP contribution >= 0.6 is 11.6 Å². The van der Waals surface area contributed by atoms with Crippen LogP contribution in [0.5, 0.6) is 0 Å². The molecule has 0 amide bonds. The summed E-state index contributed by atoms with van der Waals surface area (Å²) in [6, 6.07) is 11.0. The van der Waals surface area contributed by atoms with Crippen LogP contribution in [0.4, 0.5) is 0 Å². The van der Waals surface area contributed by atoms with Crippen molar-refractivity contribution in [1.82, 2.24) is 23.9 Å². The van der Waals surface area contributed by atoms with Crippen molar-refractivity contribution in [3.63, 3.8) is 0 Å². The topological polar surface area (TPSA) is 112 Å². The first kappa shape index (κ1) is 22.3. The molecule has 10 heteroatoms. The summed E-state index contributed by atoms with van der Waals surface area (Å²) in [5.74, 6) is 0.894. The molecule has 36 heavy (non-hydrogen) atoms. The van der Waals surface area contributed by atoms with Gasteiger partial charge >= 0.3 is 5.69 Å². The summed E-state index contributed by atoms with van der Waals surface area (Å²) in [5, 5.41) is 15.9. The third kappa shape index (κ3) is 3.53. The number of nitriles is 1. The molecule has 9 nitrogen and oxygen atoms in total. The van der Waals surface area contributed by atoms with Crippen molar-refractivity contribution in [3.8, 4) is 17.5 Å². The second kappa shape index (κ2) is 8.21. The summed E-state index contributed by atoms with van der Waals surface area (Å²) < 4.78 is 10.2. The van der Waals surface area contributed by atoms with Gasteiger partial charge in [0.2, 0.25) is 5.76 Å². The van der Waals surface area contributed by atoms with Crippen LogP contribution in [-0.4, -0.2) is 23.9 Å². The number of hydrogen-bond acceptors (Lipinski definition) is 6. The van der Waals surface area contributed by atoms with Crippen LogP contribution in [0.15, 0.2) is 50.5 Å². The average Bonchev–Trinajstić information content (AvgIpc) is 3.51. The molecule has 0 aliphatic heterocycles. The van der Waals surface area contributed by atoms with Gasteiger partial charge in [0.1, 0.15) is 17.1 Å². The maximum atomic E-state index is 13.5. The third-order valence-corrected chi connectivity index (χ3v) is 6.96. The summed E-state index contributed by atoms with van der Waals surface area (Å²) in [6.07, 6.45) is 3.79. The maximum Gasteiger partial charge on any atom is 0.332 e. The van der Waals surface area contributed by atoms with E-state index in [-0.39, 0.29) is 17.7 Å². The van der Waals surface area contributed by atoms with Crippen molar-refractivity contribution in [3.05, 3.63) is 79.3 Å². The van der Waals surface area contributed by atoms with Crippen LogP contribution < -0.4 is 11.2 Å². The number of benzene rings is 1. The molecule has 1 saturated carbocycles. The SMILES string of the molecule is Cc1cc(C#N)oc1-c1c2c(=O)n(C)c(=O)n(CC3CC3)c2nn1Cc1ccnc2ccc(Cl)cc12. The van der Waals surface area contributed by atoms with E-state index in [1.54, 1.807) is 27.6 Å². The Morgan fingerprint density at radius 1 is 1.22 bits per heavy atom. The first-order valence-corrected chi connectivity index (χ1v) is 12.0. The number of nitrogens with zero attached hydrogens (tertiary/aromatic N) is 6. The number of furan rings is 1. The maximum absolute atomic E-state index is 13.5. The summed E-state index contributed by atoms with van der Waals surface area (Å²) in [5.41, 5.74) is 2.24. The van der Waals surface area contributed by atoms with Crippen LogP contribution in [0.3, 0.4) is 0 Å². The van der Waals surface area contributed by atoms with Gasteiger partial charge in [-0.1, -0.05) is 11.6 Å². The molecular weight excluding hydrogens is 480 g/mol. The number of aromatic nitrogens is 5. The largest absolute Gasteiger partial charge is 0.444 e. The standard InChI is InChI=1S/C26H21ClN6O3/c1-14-9-18(11-28)36-23(14)22-21-24(32(12-15-3-4-15)26(35)31(2)25(21)34)30-33(22)13-16-7-8-29-20-6-5-17(27)10-19(16)20/h5-10,15H,3-4,12-13H2,1-2H3. The van der Waals surface area contributed by atoms with Gasteiger partial charge in [-0.2, -0.15) is 10.4 Å². The number of pyridine rings is 1. The lowest BCUT2D eigenvalue weighted by atomic mass is 10.1. The Morgan fingerprint density at radius 3 is 2.75 bits per heavy atom. The molecule has 1 aliphatic rings. The zero-order valence-corrected chi connectivity index (χ0v) is 20.4. The Morgan fingerprint density at radius 2 is 2.03 bits per heavy atom. The summed E-state index contributed by atoms with van der Waals surface area (Å²) in [6.45, 7) is 2.58. The third-order valence-electron chi connectivity index (χ3n) is 6.72. The van der Waals surface area contributed by atoms with Crippen LogP contribution in [0.25, 0.3) is 33.4 Å². The van der Waals surface area contributed by atoms with Crippen molar-refractivity contribution < 1.29 is 4.42 Å². The van der Waals surface area contributed by atoms with Gasteiger partial charge in [-0.15, -0.1) is 0 Å². The van der Waals surface area contributed by atoms with Gasteiger partial charge in [-0.3, -0.25) is 23.6 Å². The van der Waals surface area contributed by atoms with Crippen LogP contribution in [0.2, 0.25) is 5.02 Å². The lowest BCUT2D eigenvalue weighted by Crippen LogP contribution is -2.38. The zero-order valence-electron chi connectivity index (χ0n) is 19.7. The number of fused-ring (bicyclic) bond motifs is 2. The Hall–Kier alpha value is -4.16. The molecule has 0 atom stereocenters. The van der Waals surface area contributed by atoms with Crippen LogP contribution in [0, 0.1) is 24.2 Å². The molecule has 1 aromatic carbocycles. The molecule has 6 rings (SSSR count). The fraction of sp³-hybridized carbons (Fsp3) is 0.269. The van der Waals surface area contributed by atoms with Crippen LogP contribution in [0.1, 0.15) is 29.7 Å². The molecular formula is C26H21ClN6O3. The van der Waals surface area contributed by atoms with Crippen molar-refractivity contribution in [2.24, 2.45) is 13.0 Å². The minimum atomic E-state index is -0.458. The Kier molecular flexibility index (Phi) is 5.09. The van der Waals surface area contributed by atoms with Crippen molar-refractivity contribution >= 4 is 33.5 Å². The van der Waals surface area contributed by atoms with Crippen LogP contribution in [-0.2, 0) is 20.1 Å². The van der Waals surface area contributed by atoms with Crippen molar-refractivity contribution in [2.75, 3.05) is 0 Å². The summed E-state index contributed by atoms with van der Waals surface area (Å²) in [4.78, 5) is 31.0. The molecule has 180 valence electrons. The minimum Gasteiger partial charge on any atom is -0.444 e. The molecule has 0 spiro atoms. The van der Waals surface area contributed by atoms with E-state index in [1.807, 2.05) is 31.2 Å². The summed E-state index contributed by atoms with van der Waals surface area (Å²) in [7, 11) is 1.47. The summed E-state index contributed by atoms with van der Waals surface area (Å²) >= 11 is 6.28. The fourth-order valence-corrected chi connectivity index (χ4v) is 4.85. The monoisotopic (exact) mass is 500 g/mol. The molecule has 0 bridgehead atoms. The van der Waals surface area contributed by atoms with E-state index < -0.39 is 11.2 Å². The zero-order chi connectivity index (χ0) is 25.1. The number of rotatable bonds is 5. The van der Waals surface area contributed by atoms with E-state index in [0.29, 0.717) is 40.2 Å². The highest BCUT2D eigenvalue weighted by Crippen LogP contribution is 2.34. The highest BCUT2D eigenvalue weighted by atomic mass is 35.5. The van der Waals surface area contributed by atoms with Gasteiger partial charge in [0.25, 0.3) is 5.56 Å². The smallest absolute Gasteiger partial charge is 0.332 e. The predicted octanol–water partition coefficient (Wildman–Crippen LogP) is 4.00. The van der Waals surface area contributed by atoms with E-state index in [1.165, 1.54) is 7.05 Å². The first-order valence-electron chi connectivity index (χ1n) is 11.6. The Labute approximate surface area is 209 Å². The fourth-order valence-electron chi connectivity index (χ4n) is 4.68. The van der Waals surface area contributed by atoms with E-state index in [4.69, 9.17) is 21.1 Å². The Balaban J connectivity index is 1.67. The lowest BCUT2D eigenvalue weighted by Gasteiger charge is -2.10. The van der Waals surface area contributed by atoms with Gasteiger partial charge in [-0.25, -0.2) is 4.79 Å². The predicted molar refractivity (Wildman–Crippen MR) is 135 cm³/mol. The molecule has 0 radical (unpaired) electrons. The highest BCUT2D eigenvalue weighted by Gasteiger charge is 2.29. The first-order chi connectivity index (χ1) is 17.4. The molecule has 4 heterocycles. The normalized spacial score (nSPS) is 13.5. The average molecular weight is 501 g/mol. The Bertz CT molecular complexity index is 1850. The number of aryl methyl sites for hydroxylation is 1. The lowest BCUT2D eigenvalue weighted by molar-refractivity contribution is 0.554. The van der Waals surface area contributed by atoms with Gasteiger partial charge < -0.3 is 4.42 Å². The molecule has 4 aromatic heterocycles. The van der Waals surface area contributed by atoms with E-state index >= 15 is 0 Å². The van der Waals surface area contributed by atoms with Crippen molar-refractivity contribution in [2.45, 2.75) is 32.9 Å². The molecule has 0 N–H and O–H groups in total. The molecule has 0 saturated heterocycles. The van der Waals surface area contributed by atoms with Gasteiger partial charge in [0, 0.05) is 30.2 Å². The quantitative estimate of drug-likeness (QED) is 0.360. The van der Waals surface area contributed by atoms with Crippen molar-refractivity contribution in [1.29, 1.82) is 5.26 Å². The molecule has 1 aliphatic carbocycles. The van der Waals surface area contributed by atoms with Gasteiger partial charge in [0.05, 0.1) is 12.1 Å². The highest BCUT2D eigenvalue weighted by molar-refractivity contribution is 6.31.